The molecule has 0 unspecified atom stereocenters. The van der Waals surface area contributed by atoms with E-state index in [4.69, 9.17) is 0 Å². The van der Waals surface area contributed by atoms with Crippen molar-refractivity contribution < 1.29 is 9.72 Å². The number of hydrogen-bond acceptors (Lipinski definition) is 3. The highest BCUT2D eigenvalue weighted by Crippen LogP contribution is 2.20. The summed E-state index contributed by atoms with van der Waals surface area (Å²) in [5, 5.41) is 10.9. The minimum absolute atomic E-state index is 0.0138. The first-order chi connectivity index (χ1) is 9.47. The first kappa shape index (κ1) is 13.9. The number of carbonyl (C=O) groups excluding carboxylic acids is 1. The molecule has 0 atom stereocenters. The van der Waals surface area contributed by atoms with E-state index in [2.05, 4.69) is 0 Å². The van der Waals surface area contributed by atoms with E-state index in [1.807, 2.05) is 31.2 Å². The predicted molar refractivity (Wildman–Crippen MR) is 77.0 cm³/mol. The summed E-state index contributed by atoms with van der Waals surface area (Å²) < 4.78 is 0. The van der Waals surface area contributed by atoms with E-state index < -0.39 is 4.92 Å². The van der Waals surface area contributed by atoms with Crippen molar-refractivity contribution in [3.63, 3.8) is 0 Å². The number of carbonyl (C=O) groups is 1. The lowest BCUT2D eigenvalue weighted by Gasteiger charge is -2.04. The van der Waals surface area contributed by atoms with Crippen molar-refractivity contribution in [3.05, 3.63) is 74.8 Å². The molecule has 20 heavy (non-hydrogen) atoms. The predicted octanol–water partition coefficient (Wildman–Crippen LogP) is 3.64. The number of ketones is 1. The number of hydrogen-bond donors (Lipinski definition) is 0. The van der Waals surface area contributed by atoms with Crippen LogP contribution in [0.2, 0.25) is 0 Å². The Morgan fingerprint density at radius 1 is 1.15 bits per heavy atom. The SMILES string of the molecule is Cc1cccc(CC(=O)c2ccc(C)c([N+](=O)[O-])c2)c1. The van der Waals surface area contributed by atoms with Gasteiger partial charge in [-0.05, 0) is 19.4 Å². The van der Waals surface area contributed by atoms with Crippen LogP contribution >= 0.6 is 0 Å². The van der Waals surface area contributed by atoms with Crippen molar-refractivity contribution in [2.75, 3.05) is 0 Å². The molecular formula is C16H15NO3. The molecule has 4 nitrogen and oxygen atoms in total. The van der Waals surface area contributed by atoms with Gasteiger partial charge in [0.2, 0.25) is 0 Å². The van der Waals surface area contributed by atoms with Crippen LogP contribution in [-0.2, 0) is 6.42 Å². The summed E-state index contributed by atoms with van der Waals surface area (Å²) in [6.45, 7) is 3.62. The van der Waals surface area contributed by atoms with Gasteiger partial charge in [0.25, 0.3) is 5.69 Å². The van der Waals surface area contributed by atoms with E-state index in [0.717, 1.165) is 11.1 Å². The Morgan fingerprint density at radius 2 is 1.90 bits per heavy atom. The molecule has 0 aliphatic carbocycles. The zero-order valence-corrected chi connectivity index (χ0v) is 11.4. The third-order valence-electron chi connectivity index (χ3n) is 3.17. The standard InChI is InChI=1S/C16H15NO3/c1-11-4-3-5-13(8-11)9-16(18)14-7-6-12(2)15(10-14)17(19)20/h3-8,10H,9H2,1-2H3. The molecule has 0 radical (unpaired) electrons. The van der Waals surface area contributed by atoms with Gasteiger partial charge in [0.1, 0.15) is 0 Å². The Morgan fingerprint density at radius 3 is 2.55 bits per heavy atom. The van der Waals surface area contributed by atoms with Crippen molar-refractivity contribution in [2.24, 2.45) is 0 Å². The van der Waals surface area contributed by atoms with E-state index in [0.29, 0.717) is 11.1 Å². The normalized spacial score (nSPS) is 10.3. The molecule has 0 aromatic heterocycles. The molecule has 0 heterocycles. The summed E-state index contributed by atoms with van der Waals surface area (Å²) in [6.07, 6.45) is 0.252. The van der Waals surface area contributed by atoms with Crippen LogP contribution < -0.4 is 0 Å². The molecule has 0 N–H and O–H groups in total. The summed E-state index contributed by atoms with van der Waals surface area (Å²) in [6, 6.07) is 12.3. The second kappa shape index (κ2) is 5.65. The number of benzene rings is 2. The van der Waals surface area contributed by atoms with E-state index in [1.54, 1.807) is 19.1 Å². The second-order valence-corrected chi connectivity index (χ2v) is 4.85. The van der Waals surface area contributed by atoms with E-state index in [-0.39, 0.29) is 17.9 Å². The number of rotatable bonds is 4. The molecule has 4 heteroatoms. The minimum atomic E-state index is -0.460. The molecule has 0 aliphatic heterocycles. The number of nitrogens with zero attached hydrogens (tertiary/aromatic N) is 1. The molecule has 0 aliphatic rings. The largest absolute Gasteiger partial charge is 0.294 e. The molecule has 0 fully saturated rings. The van der Waals surface area contributed by atoms with Gasteiger partial charge in [-0.1, -0.05) is 42.0 Å². The van der Waals surface area contributed by atoms with Crippen LogP contribution in [0.4, 0.5) is 5.69 Å². The summed E-state index contributed by atoms with van der Waals surface area (Å²) >= 11 is 0. The molecule has 0 spiro atoms. The fourth-order valence-corrected chi connectivity index (χ4v) is 2.09. The molecule has 2 aromatic carbocycles. The van der Waals surface area contributed by atoms with Crippen LogP contribution in [0.15, 0.2) is 42.5 Å². The first-order valence-corrected chi connectivity index (χ1v) is 6.31. The average Bonchev–Trinajstić information content (AvgIpc) is 2.38. The fraction of sp³-hybridized carbons (Fsp3) is 0.188. The zero-order chi connectivity index (χ0) is 14.7. The first-order valence-electron chi connectivity index (χ1n) is 6.31. The second-order valence-electron chi connectivity index (χ2n) is 4.85. The average molecular weight is 269 g/mol. The lowest BCUT2D eigenvalue weighted by Crippen LogP contribution is -2.05. The van der Waals surface area contributed by atoms with E-state index >= 15 is 0 Å². The Kier molecular flexibility index (Phi) is 3.94. The van der Waals surface area contributed by atoms with Crippen LogP contribution in [0, 0.1) is 24.0 Å². The quantitative estimate of drug-likeness (QED) is 0.483. The Labute approximate surface area is 117 Å². The van der Waals surface area contributed by atoms with Gasteiger partial charge in [0.15, 0.2) is 5.78 Å². The molecular weight excluding hydrogens is 254 g/mol. The minimum Gasteiger partial charge on any atom is -0.294 e. The van der Waals surface area contributed by atoms with Crippen LogP contribution in [0.3, 0.4) is 0 Å². The summed E-state index contributed by atoms with van der Waals surface area (Å²) in [5.41, 5.74) is 2.93. The molecule has 0 amide bonds. The number of nitro benzene ring substituents is 1. The van der Waals surface area contributed by atoms with Crippen LogP contribution in [0.1, 0.15) is 27.0 Å². The van der Waals surface area contributed by atoms with Crippen LogP contribution in [0.5, 0.6) is 0 Å². The highest BCUT2D eigenvalue weighted by Gasteiger charge is 2.15. The monoisotopic (exact) mass is 269 g/mol. The lowest BCUT2D eigenvalue weighted by atomic mass is 10.00. The van der Waals surface area contributed by atoms with Crippen LogP contribution in [-0.4, -0.2) is 10.7 Å². The van der Waals surface area contributed by atoms with Gasteiger partial charge in [0, 0.05) is 23.6 Å². The van der Waals surface area contributed by atoms with Gasteiger partial charge in [-0.3, -0.25) is 14.9 Å². The van der Waals surface area contributed by atoms with Gasteiger partial charge in [-0.25, -0.2) is 0 Å². The highest BCUT2D eigenvalue weighted by atomic mass is 16.6. The molecule has 2 aromatic rings. The van der Waals surface area contributed by atoms with Crippen molar-refractivity contribution in [1.82, 2.24) is 0 Å². The van der Waals surface area contributed by atoms with Gasteiger partial charge >= 0.3 is 0 Å². The van der Waals surface area contributed by atoms with Crippen molar-refractivity contribution in [2.45, 2.75) is 20.3 Å². The number of aryl methyl sites for hydroxylation is 2. The fourth-order valence-electron chi connectivity index (χ4n) is 2.09. The maximum atomic E-state index is 12.2. The van der Waals surface area contributed by atoms with Crippen molar-refractivity contribution in [1.29, 1.82) is 0 Å². The zero-order valence-electron chi connectivity index (χ0n) is 11.4. The highest BCUT2D eigenvalue weighted by molar-refractivity contribution is 5.98. The Bertz CT molecular complexity index is 677. The molecule has 0 saturated heterocycles. The van der Waals surface area contributed by atoms with Gasteiger partial charge < -0.3 is 0 Å². The third-order valence-corrected chi connectivity index (χ3v) is 3.17. The van der Waals surface area contributed by atoms with E-state index in [1.165, 1.54) is 6.07 Å². The summed E-state index contributed by atoms with van der Waals surface area (Å²) in [7, 11) is 0. The summed E-state index contributed by atoms with van der Waals surface area (Å²) in [4.78, 5) is 22.6. The number of nitro groups is 1. The molecule has 102 valence electrons. The molecule has 0 saturated carbocycles. The number of Topliss-reactive ketones (excluding diaryl/α,β-unsaturated/α-hetero) is 1. The van der Waals surface area contributed by atoms with Gasteiger partial charge in [0.05, 0.1) is 4.92 Å². The van der Waals surface area contributed by atoms with Crippen molar-refractivity contribution >= 4 is 11.5 Å². The van der Waals surface area contributed by atoms with Gasteiger partial charge in [-0.2, -0.15) is 0 Å². The van der Waals surface area contributed by atoms with Crippen molar-refractivity contribution in [3.8, 4) is 0 Å². The smallest absolute Gasteiger partial charge is 0.273 e. The third kappa shape index (κ3) is 3.09. The van der Waals surface area contributed by atoms with E-state index in [9.17, 15) is 14.9 Å². The summed E-state index contributed by atoms with van der Waals surface area (Å²) in [5.74, 6) is -0.112. The molecule has 0 bridgehead atoms. The topological polar surface area (TPSA) is 60.2 Å². The van der Waals surface area contributed by atoms with Gasteiger partial charge in [-0.15, -0.1) is 0 Å². The lowest BCUT2D eigenvalue weighted by molar-refractivity contribution is -0.385. The maximum absolute atomic E-state index is 12.2. The maximum Gasteiger partial charge on any atom is 0.273 e. The van der Waals surface area contributed by atoms with Crippen LogP contribution in [0.25, 0.3) is 0 Å². The Hall–Kier alpha value is -2.49. The Balaban J connectivity index is 2.26. The molecule has 2 rings (SSSR count).